The molecule has 0 aliphatic carbocycles. The van der Waals surface area contributed by atoms with Gasteiger partial charge in [-0.25, -0.2) is 0 Å². The number of alkyl halides is 1. The molecule has 0 spiro atoms. The summed E-state index contributed by atoms with van der Waals surface area (Å²) in [6.45, 7) is 0. The fourth-order valence-electron chi connectivity index (χ4n) is 4.39. The van der Waals surface area contributed by atoms with Crippen LogP contribution in [0.15, 0.2) is 103 Å². The van der Waals surface area contributed by atoms with E-state index in [2.05, 4.69) is 119 Å². The Kier molecular flexibility index (Phi) is 10.6. The molecule has 0 atom stereocenters. The van der Waals surface area contributed by atoms with Crippen LogP contribution in [-0.4, -0.2) is 5.33 Å². The molecule has 0 fully saturated rings. The Hall–Kier alpha value is -1.69. The summed E-state index contributed by atoms with van der Waals surface area (Å²) >= 11 is 3.52. The predicted octanol–water partition coefficient (Wildman–Crippen LogP) is 7.74. The van der Waals surface area contributed by atoms with Gasteiger partial charge in [0.1, 0.15) is 0 Å². The molecule has 0 unspecified atom stereocenters. The van der Waals surface area contributed by atoms with E-state index < -0.39 is 7.26 Å². The van der Waals surface area contributed by atoms with Gasteiger partial charge in [0.15, 0.2) is 0 Å². The Morgan fingerprint density at radius 2 is 0.903 bits per heavy atom. The number of hydrogen-bond acceptors (Lipinski definition) is 0. The minimum atomic E-state index is -2.20. The molecule has 3 aromatic carbocycles. The van der Waals surface area contributed by atoms with Gasteiger partial charge in [0.2, 0.25) is 0 Å². The molecule has 31 heavy (non-hydrogen) atoms. The van der Waals surface area contributed by atoms with Gasteiger partial charge in [-0.2, -0.15) is 0 Å². The van der Waals surface area contributed by atoms with Gasteiger partial charge in [-0.3, -0.25) is 0 Å². The molecule has 0 heterocycles. The van der Waals surface area contributed by atoms with E-state index in [9.17, 15) is 0 Å². The van der Waals surface area contributed by atoms with E-state index >= 15 is 0 Å². The zero-order chi connectivity index (χ0) is 21.6. The first kappa shape index (κ1) is 24.0. The predicted molar refractivity (Wildman–Crippen MR) is 146 cm³/mol. The third-order valence-corrected chi connectivity index (χ3v) is 11.1. The molecule has 0 bridgehead atoms. The van der Waals surface area contributed by atoms with Crippen LogP contribution in [0.3, 0.4) is 0 Å². The molecule has 3 aromatic rings. The summed E-state index contributed by atoms with van der Waals surface area (Å²) < 4.78 is 0. The minimum absolute atomic E-state index is 1.15. The van der Waals surface area contributed by atoms with Crippen molar-refractivity contribution in [3.63, 3.8) is 0 Å². The number of halogens is 1. The molecule has 0 aliphatic heterocycles. The monoisotopic (exact) mass is 494 g/mol. The van der Waals surface area contributed by atoms with Crippen molar-refractivity contribution < 1.29 is 0 Å². The zero-order valence-corrected chi connectivity index (χ0v) is 21.1. The van der Waals surface area contributed by atoms with Crippen molar-refractivity contribution in [3.8, 4) is 0 Å². The second-order valence-electron chi connectivity index (χ2n) is 8.26. The van der Waals surface area contributed by atoms with Crippen LogP contribution in [0.2, 0.25) is 0 Å². The van der Waals surface area contributed by atoms with Gasteiger partial charge in [0, 0.05) is 0 Å². The normalized spacial score (nSPS) is 12.3. The first-order valence-corrected chi connectivity index (χ1v) is 15.0. The summed E-state index contributed by atoms with van der Waals surface area (Å²) in [5.74, 6) is 2.59. The number of unbranched alkanes of at least 4 members (excludes halogenated alkanes) is 7. The Labute approximate surface area is 198 Å². The summed E-state index contributed by atoms with van der Waals surface area (Å²) in [7, 11) is -2.20. The summed E-state index contributed by atoms with van der Waals surface area (Å²) in [6.07, 6.45) is 13.1. The molecule has 0 aromatic heterocycles. The van der Waals surface area contributed by atoms with Crippen LogP contribution in [0.5, 0.6) is 0 Å². The van der Waals surface area contributed by atoms with E-state index in [-0.39, 0.29) is 0 Å². The molecule has 0 saturated carbocycles. The van der Waals surface area contributed by atoms with Crippen LogP contribution in [0.4, 0.5) is 0 Å². The van der Waals surface area contributed by atoms with Crippen LogP contribution >= 0.6 is 23.2 Å². The molecule has 0 amide bonds. The second kappa shape index (κ2) is 13.7. The average Bonchev–Trinajstić information content (AvgIpc) is 2.84. The first-order valence-electron chi connectivity index (χ1n) is 11.8. The van der Waals surface area contributed by atoms with Crippen molar-refractivity contribution in [2.75, 3.05) is 5.33 Å². The van der Waals surface area contributed by atoms with Crippen molar-refractivity contribution in [2.24, 2.45) is 0 Å². The van der Waals surface area contributed by atoms with Crippen LogP contribution < -0.4 is 15.9 Å². The fraction of sp³-hybridized carbons (Fsp3) is 0.310. The van der Waals surface area contributed by atoms with E-state index in [4.69, 9.17) is 0 Å². The second-order valence-corrected chi connectivity index (χ2v) is 12.7. The van der Waals surface area contributed by atoms with Gasteiger partial charge >= 0.3 is 199 Å². The number of benzene rings is 3. The van der Waals surface area contributed by atoms with E-state index in [0.29, 0.717) is 0 Å². The van der Waals surface area contributed by atoms with Gasteiger partial charge in [0.25, 0.3) is 0 Å². The Morgan fingerprint density at radius 1 is 0.516 bits per heavy atom. The maximum atomic E-state index is 3.52. The van der Waals surface area contributed by atoms with E-state index in [1.54, 1.807) is 0 Å². The molecule has 0 nitrogen and oxygen atoms in total. The third-order valence-electron chi connectivity index (χ3n) is 6.06. The zero-order valence-electron chi connectivity index (χ0n) is 18.6. The molecule has 2 heteroatoms. The van der Waals surface area contributed by atoms with Crippen LogP contribution in [0.1, 0.15) is 51.4 Å². The maximum absolute atomic E-state index is 3.52. The van der Waals surface area contributed by atoms with Gasteiger partial charge in [-0.15, -0.1) is 0 Å². The van der Waals surface area contributed by atoms with E-state index in [1.165, 1.54) is 67.3 Å². The van der Waals surface area contributed by atoms with Crippen LogP contribution in [-0.2, 0) is 0 Å². The van der Waals surface area contributed by atoms with Gasteiger partial charge in [-0.05, 0) is 0 Å². The van der Waals surface area contributed by atoms with Crippen molar-refractivity contribution in [2.45, 2.75) is 51.4 Å². The topological polar surface area (TPSA) is 0 Å². The van der Waals surface area contributed by atoms with Gasteiger partial charge < -0.3 is 0 Å². The van der Waals surface area contributed by atoms with Gasteiger partial charge in [-0.1, -0.05) is 0 Å². The fourth-order valence-corrected chi connectivity index (χ4v) is 9.04. The Bertz CT molecular complexity index is 778. The van der Waals surface area contributed by atoms with Gasteiger partial charge in [0.05, 0.1) is 0 Å². The van der Waals surface area contributed by atoms with Crippen molar-refractivity contribution in [1.29, 1.82) is 0 Å². The molecular formula is C29H36BrP. The summed E-state index contributed by atoms with van der Waals surface area (Å²) in [6, 6.07) is 33.4. The molecule has 164 valence electrons. The summed E-state index contributed by atoms with van der Waals surface area (Å²) in [5, 5.41) is 5.51. The molecular weight excluding hydrogens is 459 g/mol. The van der Waals surface area contributed by atoms with Crippen molar-refractivity contribution >= 4 is 39.1 Å². The number of allylic oxidation sites excluding steroid dienone is 1. The number of rotatable bonds is 13. The molecule has 0 radical (unpaired) electrons. The molecule has 0 saturated heterocycles. The first-order chi connectivity index (χ1) is 15.4. The standard InChI is InChI=1S/C29H36BrP/c30-25-17-6-4-2-1-3-5-7-18-26-31(27-19-11-8-12-20-27,28-21-13-9-14-22-28)29-23-15-10-16-24-29/h8-16,18-24,26,31H,1-7,17,25H2. The molecule has 0 aliphatic rings. The van der Waals surface area contributed by atoms with Crippen molar-refractivity contribution in [1.82, 2.24) is 0 Å². The summed E-state index contributed by atoms with van der Waals surface area (Å²) in [4.78, 5) is 0. The van der Waals surface area contributed by atoms with Crippen LogP contribution in [0, 0.1) is 0 Å². The van der Waals surface area contributed by atoms with E-state index in [0.717, 1.165) is 5.33 Å². The SMILES string of the molecule is BrCCCCCCCCCC=C[PH](c1ccccc1)(c1ccccc1)c1ccccc1. The van der Waals surface area contributed by atoms with Crippen LogP contribution in [0.25, 0.3) is 0 Å². The summed E-state index contributed by atoms with van der Waals surface area (Å²) in [5.41, 5.74) is 0. The Balaban J connectivity index is 1.78. The average molecular weight is 495 g/mol. The molecule has 0 N–H and O–H groups in total. The van der Waals surface area contributed by atoms with E-state index in [1.807, 2.05) is 0 Å². The Morgan fingerprint density at radius 3 is 1.32 bits per heavy atom. The number of hydrogen-bond donors (Lipinski definition) is 0. The molecule has 3 rings (SSSR count). The van der Waals surface area contributed by atoms with Crippen molar-refractivity contribution in [3.05, 3.63) is 103 Å². The third kappa shape index (κ3) is 6.90. The quantitative estimate of drug-likeness (QED) is 0.129.